The van der Waals surface area contributed by atoms with E-state index in [-0.39, 0.29) is 5.91 Å². The Bertz CT molecular complexity index is 941. The van der Waals surface area contributed by atoms with E-state index in [1.54, 1.807) is 16.4 Å². The third-order valence-electron chi connectivity index (χ3n) is 3.96. The van der Waals surface area contributed by atoms with Crippen LogP contribution in [0.4, 0.5) is 5.69 Å². The van der Waals surface area contributed by atoms with Crippen LogP contribution in [-0.2, 0) is 4.79 Å². The van der Waals surface area contributed by atoms with Crippen molar-refractivity contribution in [3.8, 4) is 5.69 Å². The molecule has 0 atom stereocenters. The van der Waals surface area contributed by atoms with Gasteiger partial charge in [0.2, 0.25) is 11.1 Å². The highest BCUT2D eigenvalue weighted by atomic mass is 32.2. The average Bonchev–Trinajstić information content (AvgIpc) is 3.10. The van der Waals surface area contributed by atoms with Crippen LogP contribution < -0.4 is 5.32 Å². The fourth-order valence-corrected chi connectivity index (χ4v) is 4.03. The Kier molecular flexibility index (Phi) is 6.52. The van der Waals surface area contributed by atoms with Gasteiger partial charge >= 0.3 is 0 Å². The maximum absolute atomic E-state index is 12.3. The minimum atomic E-state index is -0.0189. The number of rotatable bonds is 7. The zero-order valence-electron chi connectivity index (χ0n) is 15.5. The third-order valence-corrected chi connectivity index (χ3v) is 5.68. The molecule has 0 saturated carbocycles. The van der Waals surface area contributed by atoms with Crippen molar-refractivity contribution in [1.29, 1.82) is 0 Å². The van der Waals surface area contributed by atoms with Crippen LogP contribution in [-0.4, -0.2) is 38.1 Å². The van der Waals surface area contributed by atoms with E-state index in [2.05, 4.69) is 33.8 Å². The Morgan fingerprint density at radius 1 is 1.19 bits per heavy atom. The van der Waals surface area contributed by atoms with Gasteiger partial charge in [-0.3, -0.25) is 4.79 Å². The minimum Gasteiger partial charge on any atom is -0.325 e. The van der Waals surface area contributed by atoms with Gasteiger partial charge in [0.15, 0.2) is 0 Å². The third kappa shape index (κ3) is 4.90. The highest BCUT2D eigenvalue weighted by molar-refractivity contribution is 7.99. The molecule has 27 heavy (non-hydrogen) atoms. The van der Waals surface area contributed by atoms with Crippen molar-refractivity contribution in [2.24, 2.45) is 0 Å². The lowest BCUT2D eigenvalue weighted by Gasteiger charge is -2.10. The van der Waals surface area contributed by atoms with E-state index >= 15 is 0 Å². The van der Waals surface area contributed by atoms with E-state index in [4.69, 9.17) is 0 Å². The number of amides is 1. The van der Waals surface area contributed by atoms with Crippen molar-refractivity contribution in [2.45, 2.75) is 30.3 Å². The van der Waals surface area contributed by atoms with Gasteiger partial charge in [0, 0.05) is 17.1 Å². The number of aryl methyl sites for hydroxylation is 2. The predicted octanol–water partition coefficient (Wildman–Crippen LogP) is 4.12. The van der Waals surface area contributed by atoms with Gasteiger partial charge in [-0.2, -0.15) is 4.68 Å². The summed E-state index contributed by atoms with van der Waals surface area (Å²) >= 11 is 3.08. The summed E-state index contributed by atoms with van der Waals surface area (Å²) < 4.78 is 1.72. The Morgan fingerprint density at radius 2 is 2.00 bits per heavy atom. The second-order valence-corrected chi connectivity index (χ2v) is 7.92. The number of thioether (sulfide) groups is 2. The molecule has 0 fully saturated rings. The van der Waals surface area contributed by atoms with E-state index in [0.29, 0.717) is 17.3 Å². The summed E-state index contributed by atoms with van der Waals surface area (Å²) in [6.45, 7) is 4.09. The zero-order chi connectivity index (χ0) is 19.2. The molecule has 6 nitrogen and oxygen atoms in total. The summed E-state index contributed by atoms with van der Waals surface area (Å²) in [5.41, 5.74) is 4.10. The molecule has 0 bridgehead atoms. The number of carbonyl (C=O) groups excluding carboxylic acids is 1. The second-order valence-electron chi connectivity index (χ2n) is 6.01. The van der Waals surface area contributed by atoms with Crippen LogP contribution in [0.25, 0.3) is 5.69 Å². The van der Waals surface area contributed by atoms with E-state index in [0.717, 1.165) is 21.8 Å². The monoisotopic (exact) mass is 399 g/mol. The van der Waals surface area contributed by atoms with Crippen molar-refractivity contribution in [3.63, 3.8) is 0 Å². The Hall–Kier alpha value is -2.32. The topological polar surface area (TPSA) is 72.7 Å². The summed E-state index contributed by atoms with van der Waals surface area (Å²) in [6.07, 6.45) is 2.38. The number of anilines is 1. The number of tetrazole rings is 1. The molecular weight excluding hydrogens is 378 g/mol. The normalized spacial score (nSPS) is 10.8. The largest absolute Gasteiger partial charge is 0.325 e. The predicted molar refractivity (Wildman–Crippen MR) is 111 cm³/mol. The Morgan fingerprint density at radius 3 is 2.78 bits per heavy atom. The van der Waals surface area contributed by atoms with Gasteiger partial charge in [0.05, 0.1) is 11.4 Å². The minimum absolute atomic E-state index is 0.0189. The van der Waals surface area contributed by atoms with E-state index < -0.39 is 0 Å². The first-order valence-corrected chi connectivity index (χ1v) is 10.7. The van der Waals surface area contributed by atoms with Crippen LogP contribution >= 0.6 is 23.5 Å². The second kappa shape index (κ2) is 9.05. The molecule has 2 aromatic carbocycles. The number of hydrogen-bond acceptors (Lipinski definition) is 6. The lowest BCUT2D eigenvalue weighted by molar-refractivity contribution is -0.115. The van der Waals surface area contributed by atoms with Crippen molar-refractivity contribution < 1.29 is 4.79 Å². The molecule has 0 aliphatic heterocycles. The standard InChI is InChI=1S/C19H21N5OS2/c1-13-8-9-16(14(2)12-13)24-19(21-22-23-24)27-11-10-18(25)20-15-6-4-5-7-17(15)26-3/h4-9,12H,10-11H2,1-3H3,(H,20,25). The smallest absolute Gasteiger partial charge is 0.225 e. The maximum Gasteiger partial charge on any atom is 0.225 e. The molecule has 140 valence electrons. The lowest BCUT2D eigenvalue weighted by Crippen LogP contribution is -2.13. The summed E-state index contributed by atoms with van der Waals surface area (Å²) in [7, 11) is 0. The molecule has 0 aliphatic carbocycles. The summed E-state index contributed by atoms with van der Waals surface area (Å²) in [6, 6.07) is 13.9. The van der Waals surface area contributed by atoms with Crippen molar-refractivity contribution in [2.75, 3.05) is 17.3 Å². The van der Waals surface area contributed by atoms with Gasteiger partial charge in [0.25, 0.3) is 0 Å². The lowest BCUT2D eigenvalue weighted by atomic mass is 10.1. The van der Waals surface area contributed by atoms with E-state index in [1.165, 1.54) is 17.3 Å². The van der Waals surface area contributed by atoms with Gasteiger partial charge in [0.1, 0.15) is 0 Å². The molecule has 3 aromatic rings. The number of benzene rings is 2. The molecule has 0 aliphatic rings. The number of nitrogens with one attached hydrogen (secondary N) is 1. The quantitative estimate of drug-likeness (QED) is 0.603. The van der Waals surface area contributed by atoms with Gasteiger partial charge in [-0.05, 0) is 54.3 Å². The molecule has 0 spiro atoms. The first kappa shape index (κ1) is 19.4. The van der Waals surface area contributed by atoms with Gasteiger partial charge in [-0.15, -0.1) is 16.9 Å². The number of para-hydroxylation sites is 1. The molecule has 1 heterocycles. The van der Waals surface area contributed by atoms with Crippen molar-refractivity contribution >= 4 is 35.1 Å². The highest BCUT2D eigenvalue weighted by Crippen LogP contribution is 2.25. The fraction of sp³-hybridized carbons (Fsp3) is 0.263. The molecule has 0 unspecified atom stereocenters. The van der Waals surface area contributed by atoms with Crippen LogP contribution in [0.3, 0.4) is 0 Å². The van der Waals surface area contributed by atoms with Crippen LogP contribution in [0, 0.1) is 13.8 Å². The highest BCUT2D eigenvalue weighted by Gasteiger charge is 2.12. The first-order valence-electron chi connectivity index (χ1n) is 8.50. The molecule has 8 heteroatoms. The summed E-state index contributed by atoms with van der Waals surface area (Å²) in [5, 5.41) is 15.6. The fourth-order valence-electron chi connectivity index (χ4n) is 2.66. The van der Waals surface area contributed by atoms with Crippen LogP contribution in [0.5, 0.6) is 0 Å². The number of hydrogen-bond donors (Lipinski definition) is 1. The average molecular weight is 400 g/mol. The van der Waals surface area contributed by atoms with E-state index in [9.17, 15) is 4.79 Å². The van der Waals surface area contributed by atoms with E-state index in [1.807, 2.05) is 49.6 Å². The molecule has 1 N–H and O–H groups in total. The summed E-state index contributed by atoms with van der Waals surface area (Å²) in [5.74, 6) is 0.577. The van der Waals surface area contributed by atoms with Crippen LogP contribution in [0.2, 0.25) is 0 Å². The molecule has 0 saturated heterocycles. The van der Waals surface area contributed by atoms with Crippen LogP contribution in [0.1, 0.15) is 17.5 Å². The summed E-state index contributed by atoms with van der Waals surface area (Å²) in [4.78, 5) is 13.3. The first-order chi connectivity index (χ1) is 13.1. The Labute approximate surface area is 167 Å². The molecule has 1 aromatic heterocycles. The maximum atomic E-state index is 12.3. The molecule has 1 amide bonds. The SMILES string of the molecule is CSc1ccccc1NC(=O)CCSc1nnnn1-c1ccc(C)cc1C. The van der Waals surface area contributed by atoms with Gasteiger partial charge in [-0.1, -0.05) is 41.6 Å². The van der Waals surface area contributed by atoms with Crippen molar-refractivity contribution in [1.82, 2.24) is 20.2 Å². The molecular formula is C19H21N5OS2. The van der Waals surface area contributed by atoms with Gasteiger partial charge in [-0.25, -0.2) is 0 Å². The molecule has 0 radical (unpaired) electrons. The Balaban J connectivity index is 1.60. The van der Waals surface area contributed by atoms with Crippen LogP contribution in [0.15, 0.2) is 52.5 Å². The zero-order valence-corrected chi connectivity index (χ0v) is 17.1. The number of nitrogens with zero attached hydrogens (tertiary/aromatic N) is 4. The number of carbonyl (C=O) groups is 1. The molecule has 3 rings (SSSR count). The van der Waals surface area contributed by atoms with Gasteiger partial charge < -0.3 is 5.32 Å². The number of aromatic nitrogens is 4. The van der Waals surface area contributed by atoms with Crippen molar-refractivity contribution in [3.05, 3.63) is 53.6 Å².